The van der Waals surface area contributed by atoms with Crippen molar-refractivity contribution in [2.45, 2.75) is 17.7 Å². The van der Waals surface area contributed by atoms with Gasteiger partial charge in [0.15, 0.2) is 19.7 Å². The first-order valence-corrected chi connectivity index (χ1v) is 8.10. The van der Waals surface area contributed by atoms with Crippen molar-refractivity contribution in [2.24, 2.45) is 0 Å². The summed E-state index contributed by atoms with van der Waals surface area (Å²) in [6.45, 7) is 0.448. The van der Waals surface area contributed by atoms with Crippen LogP contribution in [-0.4, -0.2) is 51.9 Å². The van der Waals surface area contributed by atoms with Gasteiger partial charge >= 0.3 is 0 Å². The van der Waals surface area contributed by atoms with E-state index in [0.717, 1.165) is 0 Å². The summed E-state index contributed by atoms with van der Waals surface area (Å²) in [4.78, 5) is 0. The predicted octanol–water partition coefficient (Wildman–Crippen LogP) is -1.44. The van der Waals surface area contributed by atoms with E-state index in [0.29, 0.717) is 13.0 Å². The summed E-state index contributed by atoms with van der Waals surface area (Å²) in [5.41, 5.74) is 0. The summed E-state index contributed by atoms with van der Waals surface area (Å²) >= 11 is 0. The molecule has 5 nitrogen and oxygen atoms in total. The Labute approximate surface area is 83.7 Å². The number of hydrogen-bond acceptors (Lipinski definition) is 5. The van der Waals surface area contributed by atoms with Crippen molar-refractivity contribution in [1.82, 2.24) is 5.32 Å². The zero-order valence-corrected chi connectivity index (χ0v) is 9.27. The highest BCUT2D eigenvalue weighted by Gasteiger charge is 2.43. The van der Waals surface area contributed by atoms with Crippen LogP contribution < -0.4 is 5.32 Å². The Bertz CT molecular complexity index is 425. The Balaban J connectivity index is 2.32. The minimum absolute atomic E-state index is 0.0592. The van der Waals surface area contributed by atoms with Gasteiger partial charge in [-0.25, -0.2) is 16.8 Å². The van der Waals surface area contributed by atoms with Crippen molar-refractivity contribution in [2.75, 3.05) is 23.8 Å². The van der Waals surface area contributed by atoms with Crippen LogP contribution in [0.2, 0.25) is 0 Å². The van der Waals surface area contributed by atoms with E-state index in [1.165, 1.54) is 0 Å². The lowest BCUT2D eigenvalue weighted by Crippen LogP contribution is -2.58. The molecule has 2 aliphatic heterocycles. The van der Waals surface area contributed by atoms with Gasteiger partial charge in [-0.2, -0.15) is 0 Å². The van der Waals surface area contributed by atoms with Gasteiger partial charge in [0, 0.05) is 12.6 Å². The van der Waals surface area contributed by atoms with Gasteiger partial charge in [0.1, 0.15) is 0 Å². The molecule has 0 saturated carbocycles. The topological polar surface area (TPSA) is 80.3 Å². The summed E-state index contributed by atoms with van der Waals surface area (Å²) in [5, 5.41) is 2.36. The molecule has 0 spiro atoms. The molecule has 1 N–H and O–H groups in total. The van der Waals surface area contributed by atoms with Gasteiger partial charge < -0.3 is 5.32 Å². The van der Waals surface area contributed by atoms with E-state index >= 15 is 0 Å². The third-order valence-corrected chi connectivity index (χ3v) is 6.99. The number of nitrogens with one attached hydrogen (secondary N) is 1. The van der Waals surface area contributed by atoms with Crippen molar-refractivity contribution < 1.29 is 16.8 Å². The van der Waals surface area contributed by atoms with E-state index < -0.39 is 24.9 Å². The molecular formula is C7H13NO4S2. The molecule has 0 bridgehead atoms. The van der Waals surface area contributed by atoms with E-state index in [1.807, 2.05) is 0 Å². The fourth-order valence-electron chi connectivity index (χ4n) is 2.07. The summed E-state index contributed by atoms with van der Waals surface area (Å²) in [6, 6.07) is -0.155. The highest BCUT2D eigenvalue weighted by atomic mass is 32.2. The monoisotopic (exact) mass is 239 g/mol. The standard InChI is InChI=1S/C7H13NO4S2/c9-13(10)3-1-6-7(5-13)14(11,12)4-2-8-6/h6-8H,1-5H2. The first kappa shape index (κ1) is 10.4. The Morgan fingerprint density at radius 3 is 2.50 bits per heavy atom. The molecule has 0 aliphatic carbocycles. The molecule has 0 aromatic carbocycles. The zero-order chi connectivity index (χ0) is 10.4. The average Bonchev–Trinajstić information content (AvgIpc) is 2.05. The van der Waals surface area contributed by atoms with Crippen molar-refractivity contribution >= 4 is 19.7 Å². The van der Waals surface area contributed by atoms with Crippen LogP contribution >= 0.6 is 0 Å². The lowest BCUT2D eigenvalue weighted by atomic mass is 10.1. The summed E-state index contributed by atoms with van der Waals surface area (Å²) < 4.78 is 45.8. The van der Waals surface area contributed by atoms with Crippen LogP contribution in [0.5, 0.6) is 0 Å². The molecule has 0 amide bonds. The minimum Gasteiger partial charge on any atom is -0.312 e. The second-order valence-corrected chi connectivity index (χ2v) is 8.44. The molecule has 2 rings (SSSR count). The quantitative estimate of drug-likeness (QED) is 0.560. The molecule has 14 heavy (non-hydrogen) atoms. The molecule has 2 unspecified atom stereocenters. The fraction of sp³-hybridized carbons (Fsp3) is 1.00. The van der Waals surface area contributed by atoms with Crippen molar-refractivity contribution in [3.63, 3.8) is 0 Å². The number of sulfone groups is 2. The number of fused-ring (bicyclic) bond motifs is 1. The predicted molar refractivity (Wildman–Crippen MR) is 52.6 cm³/mol. The largest absolute Gasteiger partial charge is 0.312 e. The van der Waals surface area contributed by atoms with Gasteiger partial charge in [-0.05, 0) is 6.42 Å². The molecular weight excluding hydrogens is 226 g/mol. The molecule has 0 radical (unpaired) electrons. The van der Waals surface area contributed by atoms with Gasteiger partial charge in [-0.3, -0.25) is 0 Å². The normalized spacial score (nSPS) is 40.0. The average molecular weight is 239 g/mol. The maximum atomic E-state index is 11.6. The maximum Gasteiger partial charge on any atom is 0.156 e. The maximum absolute atomic E-state index is 11.6. The van der Waals surface area contributed by atoms with Crippen LogP contribution in [-0.2, 0) is 19.7 Å². The van der Waals surface area contributed by atoms with Gasteiger partial charge in [-0.15, -0.1) is 0 Å². The molecule has 2 saturated heterocycles. The lowest BCUT2D eigenvalue weighted by Gasteiger charge is -2.35. The first-order valence-electron chi connectivity index (χ1n) is 4.56. The molecule has 0 aromatic heterocycles. The second-order valence-electron chi connectivity index (χ2n) is 3.87. The SMILES string of the molecule is O=S1(=O)CCC2NCCS(=O)(=O)C2C1. The van der Waals surface area contributed by atoms with Gasteiger partial charge in [0.25, 0.3) is 0 Å². The lowest BCUT2D eigenvalue weighted by molar-refractivity contribution is 0.444. The molecule has 2 aliphatic rings. The van der Waals surface area contributed by atoms with Crippen LogP contribution in [0.4, 0.5) is 0 Å². The molecule has 2 fully saturated rings. The summed E-state index contributed by atoms with van der Waals surface area (Å²) in [5.74, 6) is -0.0344. The molecule has 82 valence electrons. The van der Waals surface area contributed by atoms with Crippen LogP contribution in [0.15, 0.2) is 0 Å². The second kappa shape index (κ2) is 3.18. The third-order valence-electron chi connectivity index (χ3n) is 2.86. The van der Waals surface area contributed by atoms with Gasteiger partial charge in [0.05, 0.1) is 22.5 Å². The third kappa shape index (κ3) is 1.80. The minimum atomic E-state index is -3.20. The van der Waals surface area contributed by atoms with E-state index in [-0.39, 0.29) is 23.3 Å². The van der Waals surface area contributed by atoms with Crippen molar-refractivity contribution in [1.29, 1.82) is 0 Å². The molecule has 2 heterocycles. The summed E-state index contributed by atoms with van der Waals surface area (Å²) in [6.07, 6.45) is 0.423. The van der Waals surface area contributed by atoms with Crippen molar-refractivity contribution in [3.8, 4) is 0 Å². The highest BCUT2D eigenvalue weighted by molar-refractivity contribution is 7.95. The molecule has 7 heteroatoms. The fourth-order valence-corrected chi connectivity index (χ4v) is 6.47. The highest BCUT2D eigenvalue weighted by Crippen LogP contribution is 2.22. The van der Waals surface area contributed by atoms with Crippen LogP contribution in [0, 0.1) is 0 Å². The van der Waals surface area contributed by atoms with Gasteiger partial charge in [0.2, 0.25) is 0 Å². The van der Waals surface area contributed by atoms with E-state index in [9.17, 15) is 16.8 Å². The molecule has 2 atom stereocenters. The van der Waals surface area contributed by atoms with Crippen LogP contribution in [0.3, 0.4) is 0 Å². The van der Waals surface area contributed by atoms with Crippen LogP contribution in [0.25, 0.3) is 0 Å². The molecule has 0 aromatic rings. The van der Waals surface area contributed by atoms with E-state index in [1.54, 1.807) is 0 Å². The Morgan fingerprint density at radius 1 is 1.07 bits per heavy atom. The van der Waals surface area contributed by atoms with Crippen molar-refractivity contribution in [3.05, 3.63) is 0 Å². The smallest absolute Gasteiger partial charge is 0.156 e. The Kier molecular flexibility index (Phi) is 2.36. The van der Waals surface area contributed by atoms with Crippen LogP contribution in [0.1, 0.15) is 6.42 Å². The first-order chi connectivity index (χ1) is 6.41. The summed E-state index contributed by atoms with van der Waals surface area (Å²) in [7, 11) is -6.34. The Hall–Kier alpha value is -0.140. The number of rotatable bonds is 0. The Morgan fingerprint density at radius 2 is 1.79 bits per heavy atom. The van der Waals surface area contributed by atoms with E-state index in [2.05, 4.69) is 5.32 Å². The number of hydrogen-bond donors (Lipinski definition) is 1. The zero-order valence-electron chi connectivity index (χ0n) is 7.64. The van der Waals surface area contributed by atoms with Gasteiger partial charge in [-0.1, -0.05) is 0 Å². The van der Waals surface area contributed by atoms with E-state index in [4.69, 9.17) is 0 Å².